The van der Waals surface area contributed by atoms with Crippen molar-refractivity contribution in [1.29, 1.82) is 0 Å². The number of nitrogens with one attached hydrogen (secondary N) is 1. The highest BCUT2D eigenvalue weighted by Gasteiger charge is 2.22. The van der Waals surface area contributed by atoms with Crippen LogP contribution in [0.25, 0.3) is 10.6 Å². The summed E-state index contributed by atoms with van der Waals surface area (Å²) in [7, 11) is 0. The van der Waals surface area contributed by atoms with Crippen LogP contribution in [0, 0.1) is 6.92 Å². The number of aryl methyl sites for hydroxylation is 1. The van der Waals surface area contributed by atoms with Gasteiger partial charge in [0.05, 0.1) is 12.2 Å². The molecule has 0 radical (unpaired) electrons. The van der Waals surface area contributed by atoms with E-state index in [-0.39, 0.29) is 31.1 Å². The van der Waals surface area contributed by atoms with Gasteiger partial charge >= 0.3 is 5.97 Å². The van der Waals surface area contributed by atoms with Gasteiger partial charge in [-0.1, -0.05) is 42.5 Å². The summed E-state index contributed by atoms with van der Waals surface area (Å²) in [5.41, 5.74) is 2.91. The van der Waals surface area contributed by atoms with Gasteiger partial charge in [0.15, 0.2) is 6.10 Å². The molecule has 1 atom stereocenters. The Kier molecular flexibility index (Phi) is 9.01. The Balaban J connectivity index is 1.79. The molecule has 7 nitrogen and oxygen atoms in total. The zero-order valence-corrected chi connectivity index (χ0v) is 21.5. The van der Waals surface area contributed by atoms with Crippen LogP contribution in [-0.2, 0) is 22.5 Å². The van der Waals surface area contributed by atoms with Crippen LogP contribution in [0.15, 0.2) is 48.5 Å². The molecule has 0 saturated heterocycles. The highest BCUT2D eigenvalue weighted by atomic mass is 32.1. The minimum Gasteiger partial charge on any atom is -0.491 e. The second kappa shape index (κ2) is 12.0. The lowest BCUT2D eigenvalue weighted by Crippen LogP contribution is -2.29. The van der Waals surface area contributed by atoms with Crippen molar-refractivity contribution in [3.05, 3.63) is 70.2 Å². The molecule has 1 amide bonds. The lowest BCUT2D eigenvalue weighted by Gasteiger charge is -2.19. The van der Waals surface area contributed by atoms with E-state index in [4.69, 9.17) is 9.47 Å². The molecule has 3 aromatic rings. The number of amides is 1. The molecule has 2 aromatic carbocycles. The van der Waals surface area contributed by atoms with Gasteiger partial charge in [-0.2, -0.15) is 0 Å². The summed E-state index contributed by atoms with van der Waals surface area (Å²) in [4.78, 5) is 30.0. The van der Waals surface area contributed by atoms with Gasteiger partial charge in [-0.05, 0) is 46.2 Å². The van der Waals surface area contributed by atoms with Gasteiger partial charge in [-0.15, -0.1) is 11.3 Å². The Morgan fingerprint density at radius 3 is 2.40 bits per heavy atom. The van der Waals surface area contributed by atoms with Crippen LogP contribution in [-0.4, -0.2) is 40.3 Å². The molecule has 0 bridgehead atoms. The van der Waals surface area contributed by atoms with Crippen LogP contribution in [0.3, 0.4) is 0 Å². The predicted molar refractivity (Wildman–Crippen MR) is 137 cm³/mol. The minimum atomic E-state index is -1.01. The van der Waals surface area contributed by atoms with Gasteiger partial charge in [0, 0.05) is 29.0 Å². The largest absolute Gasteiger partial charge is 0.491 e. The number of nitrogens with zero attached hydrogens (tertiary/aromatic N) is 1. The van der Waals surface area contributed by atoms with Crippen LogP contribution in [0.5, 0.6) is 5.75 Å². The van der Waals surface area contributed by atoms with E-state index in [2.05, 4.69) is 10.3 Å². The first-order chi connectivity index (χ1) is 16.6. The predicted octanol–water partition coefficient (Wildman–Crippen LogP) is 5.26. The molecule has 3 rings (SSSR count). The van der Waals surface area contributed by atoms with Gasteiger partial charge in [0.1, 0.15) is 16.5 Å². The molecule has 0 fully saturated rings. The molecule has 1 heterocycles. The van der Waals surface area contributed by atoms with Gasteiger partial charge < -0.3 is 19.9 Å². The van der Waals surface area contributed by atoms with Crippen molar-refractivity contribution in [3.63, 3.8) is 0 Å². The number of ether oxygens (including phenoxy) is 2. The molecule has 0 spiro atoms. The first-order valence-corrected chi connectivity index (χ1v) is 12.4. The first-order valence-electron chi connectivity index (χ1n) is 11.6. The van der Waals surface area contributed by atoms with Crippen molar-refractivity contribution in [2.75, 3.05) is 0 Å². The number of carboxylic acids is 1. The van der Waals surface area contributed by atoms with Crippen LogP contribution < -0.4 is 10.1 Å². The van der Waals surface area contributed by atoms with E-state index >= 15 is 0 Å². The fourth-order valence-electron chi connectivity index (χ4n) is 3.57. The molecule has 186 valence electrons. The maximum atomic E-state index is 13.0. The highest BCUT2D eigenvalue weighted by molar-refractivity contribution is 7.15. The third-order valence-electron chi connectivity index (χ3n) is 5.09. The summed E-state index contributed by atoms with van der Waals surface area (Å²) in [5, 5.41) is 13.3. The summed E-state index contributed by atoms with van der Waals surface area (Å²) >= 11 is 1.48. The second-order valence-corrected chi connectivity index (χ2v) is 10.0. The van der Waals surface area contributed by atoms with Crippen LogP contribution >= 0.6 is 11.3 Å². The quantitative estimate of drug-likeness (QED) is 0.376. The van der Waals surface area contributed by atoms with Crippen molar-refractivity contribution in [1.82, 2.24) is 10.3 Å². The Bertz CT molecular complexity index is 1160. The zero-order valence-electron chi connectivity index (χ0n) is 20.7. The molecule has 0 aliphatic carbocycles. The Labute approximate surface area is 210 Å². The first kappa shape index (κ1) is 26.4. The Morgan fingerprint density at radius 2 is 1.77 bits per heavy atom. The Morgan fingerprint density at radius 1 is 1.06 bits per heavy atom. The molecule has 0 aliphatic rings. The molecular formula is C27H32N2O5S. The van der Waals surface area contributed by atoms with Crippen LogP contribution in [0.2, 0.25) is 0 Å². The fraction of sp³-hybridized carbons (Fsp3) is 0.370. The number of hydrogen-bond acceptors (Lipinski definition) is 6. The molecule has 2 N–H and O–H groups in total. The smallest absolute Gasteiger partial charge is 0.333 e. The number of carboxylic acid groups (broad SMARTS) is 1. The summed E-state index contributed by atoms with van der Waals surface area (Å²) < 4.78 is 11.5. The van der Waals surface area contributed by atoms with E-state index in [1.807, 2.05) is 69.3 Å². The molecule has 0 saturated carbocycles. The zero-order chi connectivity index (χ0) is 25.5. The van der Waals surface area contributed by atoms with Crippen molar-refractivity contribution >= 4 is 23.2 Å². The van der Waals surface area contributed by atoms with Crippen molar-refractivity contribution in [3.8, 4) is 16.3 Å². The topological polar surface area (TPSA) is 97.8 Å². The third kappa shape index (κ3) is 7.37. The highest BCUT2D eigenvalue weighted by Crippen LogP contribution is 2.28. The lowest BCUT2D eigenvalue weighted by molar-refractivity contribution is -0.153. The molecule has 35 heavy (non-hydrogen) atoms. The monoisotopic (exact) mass is 496 g/mol. The number of benzene rings is 2. The third-order valence-corrected chi connectivity index (χ3v) is 6.11. The van der Waals surface area contributed by atoms with Crippen molar-refractivity contribution in [2.45, 2.75) is 65.9 Å². The van der Waals surface area contributed by atoms with Gasteiger partial charge in [0.25, 0.3) is 5.91 Å². The molecule has 0 aliphatic heterocycles. The molecule has 1 aromatic heterocycles. The number of hydrogen-bond donors (Lipinski definition) is 2. The van der Waals surface area contributed by atoms with E-state index < -0.39 is 12.1 Å². The molecule has 8 heteroatoms. The van der Waals surface area contributed by atoms with Crippen LogP contribution in [0.4, 0.5) is 0 Å². The summed E-state index contributed by atoms with van der Waals surface area (Å²) in [6, 6.07) is 15.3. The summed E-state index contributed by atoms with van der Waals surface area (Å²) in [6.45, 7) is 9.57. The lowest BCUT2D eigenvalue weighted by atomic mass is 10.0. The standard InChI is InChI=1S/C27H32N2O5S/c1-16(2)33-22-12-11-19(14-23(27(31)32)34-17(3)4)13-21(22)15-28-25(30)24-18(5)35-26(29-24)20-9-7-6-8-10-20/h6-13,16-17,23H,14-15H2,1-5H3,(H,28,30)(H,31,32). The average molecular weight is 497 g/mol. The Hall–Kier alpha value is -3.23. The van der Waals surface area contributed by atoms with E-state index in [9.17, 15) is 14.7 Å². The SMILES string of the molecule is Cc1sc(-c2ccccc2)nc1C(=O)NCc1cc(CC(OC(C)C)C(=O)O)ccc1OC(C)C. The molecule has 1 unspecified atom stereocenters. The number of rotatable bonds is 11. The number of carbonyl (C=O) groups excluding carboxylic acids is 1. The van der Waals surface area contributed by atoms with Crippen molar-refractivity contribution in [2.24, 2.45) is 0 Å². The van der Waals surface area contributed by atoms with Gasteiger partial charge in [-0.3, -0.25) is 4.79 Å². The maximum absolute atomic E-state index is 13.0. The summed E-state index contributed by atoms with van der Waals surface area (Å²) in [5.74, 6) is -0.640. The number of carbonyl (C=O) groups is 2. The van der Waals surface area contributed by atoms with E-state index in [1.54, 1.807) is 13.8 Å². The number of aromatic nitrogens is 1. The normalized spacial score (nSPS) is 12.1. The van der Waals surface area contributed by atoms with E-state index in [0.29, 0.717) is 11.4 Å². The fourth-order valence-corrected chi connectivity index (χ4v) is 4.49. The van der Waals surface area contributed by atoms with Crippen molar-refractivity contribution < 1.29 is 24.2 Å². The van der Waals surface area contributed by atoms with Crippen LogP contribution in [0.1, 0.15) is 54.2 Å². The second-order valence-electron chi connectivity index (χ2n) is 8.80. The number of aliphatic carboxylic acids is 1. The van der Waals surface area contributed by atoms with Gasteiger partial charge in [0.2, 0.25) is 0 Å². The van der Waals surface area contributed by atoms with E-state index in [1.165, 1.54) is 11.3 Å². The van der Waals surface area contributed by atoms with Gasteiger partial charge in [-0.25, -0.2) is 9.78 Å². The van der Waals surface area contributed by atoms with E-state index in [0.717, 1.165) is 26.6 Å². The summed E-state index contributed by atoms with van der Waals surface area (Å²) in [6.07, 6.45) is -1.01. The average Bonchev–Trinajstić information content (AvgIpc) is 3.20. The minimum absolute atomic E-state index is 0.0550. The molecular weight excluding hydrogens is 464 g/mol. The number of thiazole rings is 1. The maximum Gasteiger partial charge on any atom is 0.333 e.